The highest BCUT2D eigenvalue weighted by molar-refractivity contribution is 5.70. The molecule has 0 amide bonds. The average Bonchev–Trinajstić information content (AvgIpc) is 2.67. The van der Waals surface area contributed by atoms with Crippen LogP contribution in [0.15, 0.2) is 37.1 Å². The zero-order chi connectivity index (χ0) is 10.7. The first-order chi connectivity index (χ1) is 7.25. The third kappa shape index (κ3) is 2.19. The van der Waals surface area contributed by atoms with Gasteiger partial charge in [-0.1, -0.05) is 0 Å². The molecule has 0 aliphatic rings. The van der Waals surface area contributed by atoms with Crippen LogP contribution in [0.4, 0.5) is 0 Å². The highest BCUT2D eigenvalue weighted by Gasteiger charge is 2.03. The summed E-state index contributed by atoms with van der Waals surface area (Å²) in [5, 5.41) is 8.61. The highest BCUT2D eigenvalue weighted by atomic mass is 16.4. The molecule has 0 bridgehead atoms. The van der Waals surface area contributed by atoms with E-state index in [-0.39, 0.29) is 6.42 Å². The molecule has 0 radical (unpaired) electrons. The number of aromatic nitrogens is 3. The number of carboxylic acid groups (broad SMARTS) is 1. The third-order valence-electron chi connectivity index (χ3n) is 1.92. The molecular weight excluding hydrogens is 194 g/mol. The van der Waals surface area contributed by atoms with Crippen LogP contribution in [-0.2, 0) is 11.2 Å². The molecule has 0 fully saturated rings. The topological polar surface area (TPSA) is 68.0 Å². The number of rotatable bonds is 3. The van der Waals surface area contributed by atoms with Crippen LogP contribution in [0.1, 0.15) is 5.56 Å². The molecule has 1 N–H and O–H groups in total. The molecule has 0 spiro atoms. The van der Waals surface area contributed by atoms with E-state index in [0.717, 1.165) is 5.56 Å². The van der Waals surface area contributed by atoms with Crippen molar-refractivity contribution in [3.8, 4) is 5.82 Å². The Morgan fingerprint density at radius 3 is 3.00 bits per heavy atom. The summed E-state index contributed by atoms with van der Waals surface area (Å²) >= 11 is 0. The van der Waals surface area contributed by atoms with Gasteiger partial charge in [-0.25, -0.2) is 4.98 Å². The lowest BCUT2D eigenvalue weighted by molar-refractivity contribution is -0.136. The second-order valence-electron chi connectivity index (χ2n) is 3.06. The van der Waals surface area contributed by atoms with Crippen LogP contribution in [0.5, 0.6) is 0 Å². The molecule has 0 aliphatic carbocycles. The largest absolute Gasteiger partial charge is 0.481 e. The third-order valence-corrected chi connectivity index (χ3v) is 1.92. The van der Waals surface area contributed by atoms with Gasteiger partial charge in [-0.05, 0) is 11.6 Å². The molecule has 5 nitrogen and oxygen atoms in total. The van der Waals surface area contributed by atoms with Gasteiger partial charge in [-0.3, -0.25) is 9.78 Å². The van der Waals surface area contributed by atoms with Crippen LogP contribution in [0.25, 0.3) is 5.82 Å². The number of carbonyl (C=O) groups is 1. The van der Waals surface area contributed by atoms with Gasteiger partial charge in [-0.15, -0.1) is 0 Å². The molecule has 2 aromatic heterocycles. The fourth-order valence-corrected chi connectivity index (χ4v) is 1.29. The van der Waals surface area contributed by atoms with E-state index in [2.05, 4.69) is 9.97 Å². The Balaban J connectivity index is 2.24. The summed E-state index contributed by atoms with van der Waals surface area (Å²) in [6.07, 6.45) is 8.32. The van der Waals surface area contributed by atoms with Gasteiger partial charge in [0.2, 0.25) is 0 Å². The van der Waals surface area contributed by atoms with E-state index in [0.29, 0.717) is 5.82 Å². The van der Waals surface area contributed by atoms with Crippen LogP contribution in [0.2, 0.25) is 0 Å². The van der Waals surface area contributed by atoms with E-state index in [1.807, 2.05) is 0 Å². The van der Waals surface area contributed by atoms with Crippen molar-refractivity contribution in [3.05, 3.63) is 42.6 Å². The zero-order valence-electron chi connectivity index (χ0n) is 7.87. The number of aliphatic carboxylic acids is 1. The molecule has 0 atom stereocenters. The van der Waals surface area contributed by atoms with Crippen LogP contribution in [-0.4, -0.2) is 25.6 Å². The molecule has 0 aromatic carbocycles. The van der Waals surface area contributed by atoms with E-state index in [9.17, 15) is 4.79 Å². The van der Waals surface area contributed by atoms with E-state index in [4.69, 9.17) is 5.11 Å². The predicted octanol–water partition coefficient (Wildman–Crippen LogP) is 0.894. The molecular formula is C10H9N3O2. The van der Waals surface area contributed by atoms with Gasteiger partial charge in [0.05, 0.1) is 12.6 Å². The monoisotopic (exact) mass is 203 g/mol. The first-order valence-corrected chi connectivity index (χ1v) is 4.41. The lowest BCUT2D eigenvalue weighted by Crippen LogP contribution is -1.99. The maximum Gasteiger partial charge on any atom is 0.307 e. The van der Waals surface area contributed by atoms with Crippen molar-refractivity contribution >= 4 is 5.97 Å². The molecule has 2 aromatic rings. The standard InChI is InChI=1S/C10H9N3O2/c14-10(15)5-8-1-4-13(7-8)9-6-11-2-3-12-9/h1-4,6-7H,5H2,(H,14,15). The fourth-order valence-electron chi connectivity index (χ4n) is 1.29. The van der Waals surface area contributed by atoms with Gasteiger partial charge in [0.25, 0.3) is 0 Å². The molecule has 15 heavy (non-hydrogen) atoms. The second-order valence-corrected chi connectivity index (χ2v) is 3.06. The van der Waals surface area contributed by atoms with E-state index in [1.54, 1.807) is 41.6 Å². The summed E-state index contributed by atoms with van der Waals surface area (Å²) < 4.78 is 1.74. The summed E-state index contributed by atoms with van der Waals surface area (Å²) in [4.78, 5) is 18.5. The van der Waals surface area contributed by atoms with Crippen molar-refractivity contribution in [2.24, 2.45) is 0 Å². The Bertz CT molecular complexity index is 465. The normalized spacial score (nSPS) is 10.1. The van der Waals surface area contributed by atoms with Crippen molar-refractivity contribution in [1.29, 1.82) is 0 Å². The first-order valence-electron chi connectivity index (χ1n) is 4.41. The van der Waals surface area contributed by atoms with Gasteiger partial charge in [0.15, 0.2) is 5.82 Å². The number of hydrogen-bond donors (Lipinski definition) is 1. The Kier molecular flexibility index (Phi) is 2.45. The van der Waals surface area contributed by atoms with Crippen molar-refractivity contribution in [1.82, 2.24) is 14.5 Å². The van der Waals surface area contributed by atoms with Crippen LogP contribution >= 0.6 is 0 Å². The summed E-state index contributed by atoms with van der Waals surface area (Å²) in [6.45, 7) is 0. The minimum Gasteiger partial charge on any atom is -0.481 e. The van der Waals surface area contributed by atoms with Crippen molar-refractivity contribution in [3.63, 3.8) is 0 Å². The quantitative estimate of drug-likeness (QED) is 0.804. The van der Waals surface area contributed by atoms with Gasteiger partial charge < -0.3 is 9.67 Å². The lowest BCUT2D eigenvalue weighted by Gasteiger charge is -1.98. The Morgan fingerprint density at radius 1 is 1.47 bits per heavy atom. The Labute approximate surface area is 86.0 Å². The van der Waals surface area contributed by atoms with Crippen molar-refractivity contribution in [2.75, 3.05) is 0 Å². The van der Waals surface area contributed by atoms with Gasteiger partial charge >= 0.3 is 5.97 Å². The minimum atomic E-state index is -0.841. The average molecular weight is 203 g/mol. The highest BCUT2D eigenvalue weighted by Crippen LogP contribution is 2.07. The van der Waals surface area contributed by atoms with Gasteiger partial charge in [-0.2, -0.15) is 0 Å². The SMILES string of the molecule is O=C(O)Cc1ccn(-c2cnccn2)c1. The molecule has 2 rings (SSSR count). The Morgan fingerprint density at radius 2 is 2.33 bits per heavy atom. The summed E-state index contributed by atoms with van der Waals surface area (Å²) in [7, 11) is 0. The lowest BCUT2D eigenvalue weighted by atomic mass is 10.2. The molecule has 0 unspecified atom stereocenters. The minimum absolute atomic E-state index is 0.0211. The molecule has 76 valence electrons. The Hall–Kier alpha value is -2.17. The first kappa shape index (κ1) is 9.39. The zero-order valence-corrected chi connectivity index (χ0v) is 7.87. The van der Waals surface area contributed by atoms with Crippen LogP contribution in [0, 0.1) is 0 Å². The van der Waals surface area contributed by atoms with E-state index < -0.39 is 5.97 Å². The van der Waals surface area contributed by atoms with Crippen molar-refractivity contribution in [2.45, 2.75) is 6.42 Å². The molecule has 2 heterocycles. The van der Waals surface area contributed by atoms with Crippen molar-refractivity contribution < 1.29 is 9.90 Å². The number of nitrogens with zero attached hydrogens (tertiary/aromatic N) is 3. The van der Waals surface area contributed by atoms with E-state index >= 15 is 0 Å². The molecule has 0 saturated heterocycles. The van der Waals surface area contributed by atoms with Crippen LogP contribution < -0.4 is 0 Å². The molecule has 5 heteroatoms. The molecule has 0 saturated carbocycles. The maximum atomic E-state index is 10.5. The number of hydrogen-bond acceptors (Lipinski definition) is 3. The smallest absolute Gasteiger partial charge is 0.307 e. The summed E-state index contributed by atoms with van der Waals surface area (Å²) in [6, 6.07) is 1.75. The number of carboxylic acids is 1. The van der Waals surface area contributed by atoms with Gasteiger partial charge in [0.1, 0.15) is 0 Å². The summed E-state index contributed by atoms with van der Waals surface area (Å²) in [5.74, 6) is -0.166. The van der Waals surface area contributed by atoms with Gasteiger partial charge in [0, 0.05) is 24.8 Å². The fraction of sp³-hybridized carbons (Fsp3) is 0.100. The second kappa shape index (κ2) is 3.91. The van der Waals surface area contributed by atoms with Crippen LogP contribution in [0.3, 0.4) is 0 Å². The van der Waals surface area contributed by atoms with E-state index in [1.165, 1.54) is 0 Å². The molecule has 0 aliphatic heterocycles. The summed E-state index contributed by atoms with van der Waals surface area (Å²) in [5.41, 5.74) is 0.744. The predicted molar refractivity (Wildman–Crippen MR) is 52.7 cm³/mol. The maximum absolute atomic E-state index is 10.5.